The molecule has 4 nitrogen and oxygen atoms in total. The number of nitrogens with zero attached hydrogens (tertiary/aromatic N) is 1. The Morgan fingerprint density at radius 3 is 2.47 bits per heavy atom. The van der Waals surface area contributed by atoms with Crippen LogP contribution in [0.25, 0.3) is 0 Å². The van der Waals surface area contributed by atoms with Gasteiger partial charge in [0.25, 0.3) is 0 Å². The fourth-order valence-electron chi connectivity index (χ4n) is 1.28. The Morgan fingerprint density at radius 2 is 2.00 bits per heavy atom. The third-order valence-corrected chi connectivity index (χ3v) is 4.99. The van der Waals surface area contributed by atoms with Crippen LogP contribution < -0.4 is 0 Å². The van der Waals surface area contributed by atoms with Crippen molar-refractivity contribution in [2.75, 3.05) is 7.05 Å². The number of halogens is 1. The van der Waals surface area contributed by atoms with E-state index in [1.54, 1.807) is 13.8 Å². The molecule has 0 spiro atoms. The highest BCUT2D eigenvalue weighted by molar-refractivity contribution is 7.89. The summed E-state index contributed by atoms with van der Waals surface area (Å²) in [6.07, 6.45) is 0. The van der Waals surface area contributed by atoms with Crippen LogP contribution in [-0.2, 0) is 16.6 Å². The molecule has 0 saturated heterocycles. The van der Waals surface area contributed by atoms with Crippen LogP contribution in [0.3, 0.4) is 0 Å². The van der Waals surface area contributed by atoms with E-state index in [0.29, 0.717) is 10.6 Å². The quantitative estimate of drug-likeness (QED) is 0.914. The Morgan fingerprint density at radius 1 is 1.41 bits per heavy atom. The van der Waals surface area contributed by atoms with Gasteiger partial charge in [0.15, 0.2) is 0 Å². The summed E-state index contributed by atoms with van der Waals surface area (Å²) in [7, 11) is -2.00. The van der Waals surface area contributed by atoms with Crippen LogP contribution >= 0.6 is 11.6 Å². The number of rotatable bonds is 4. The van der Waals surface area contributed by atoms with Crippen molar-refractivity contribution in [2.45, 2.75) is 31.4 Å². The molecular formula is C11H16ClNO3S. The molecule has 1 rings (SSSR count). The maximum atomic E-state index is 12.2. The largest absolute Gasteiger partial charge is 0.392 e. The van der Waals surface area contributed by atoms with Crippen LogP contribution in [0.15, 0.2) is 23.1 Å². The van der Waals surface area contributed by atoms with Gasteiger partial charge in [-0.05, 0) is 37.6 Å². The Bertz CT molecular complexity index is 499. The zero-order valence-corrected chi connectivity index (χ0v) is 11.6. The molecule has 0 unspecified atom stereocenters. The number of aliphatic hydroxyl groups is 1. The second-order valence-corrected chi connectivity index (χ2v) is 6.43. The van der Waals surface area contributed by atoms with Gasteiger partial charge < -0.3 is 5.11 Å². The third-order valence-electron chi connectivity index (χ3n) is 2.59. The van der Waals surface area contributed by atoms with E-state index in [1.165, 1.54) is 29.6 Å². The first-order chi connectivity index (χ1) is 7.80. The smallest absolute Gasteiger partial charge is 0.243 e. The minimum atomic E-state index is -3.52. The predicted octanol–water partition coefficient (Wildman–Crippen LogP) is 1.86. The van der Waals surface area contributed by atoms with E-state index in [0.717, 1.165) is 0 Å². The van der Waals surface area contributed by atoms with E-state index in [9.17, 15) is 8.42 Å². The monoisotopic (exact) mass is 277 g/mol. The molecule has 0 radical (unpaired) electrons. The maximum absolute atomic E-state index is 12.2. The highest BCUT2D eigenvalue weighted by Gasteiger charge is 2.23. The first kappa shape index (κ1) is 14.4. The lowest BCUT2D eigenvalue weighted by atomic mass is 10.2. The summed E-state index contributed by atoms with van der Waals surface area (Å²) in [5.74, 6) is 0. The molecule has 0 fully saturated rings. The lowest BCUT2D eigenvalue weighted by molar-refractivity contribution is 0.281. The van der Waals surface area contributed by atoms with Crippen LogP contribution in [0, 0.1) is 0 Å². The molecule has 1 aromatic rings. The Hall–Kier alpha value is -0.620. The molecule has 1 aromatic carbocycles. The third kappa shape index (κ3) is 2.98. The summed E-state index contributed by atoms with van der Waals surface area (Å²) in [6, 6.07) is 4.19. The summed E-state index contributed by atoms with van der Waals surface area (Å²) in [5, 5.41) is 9.42. The second-order valence-electron chi connectivity index (χ2n) is 4.03. The summed E-state index contributed by atoms with van der Waals surface area (Å²) < 4.78 is 25.6. The molecule has 1 N–H and O–H groups in total. The zero-order chi connectivity index (χ0) is 13.2. The van der Waals surface area contributed by atoms with Crippen LogP contribution in [0.5, 0.6) is 0 Å². The van der Waals surface area contributed by atoms with Crippen molar-refractivity contribution < 1.29 is 13.5 Å². The molecule has 0 aliphatic carbocycles. The Labute approximate surface area is 107 Å². The Balaban J connectivity index is 3.25. The molecule has 17 heavy (non-hydrogen) atoms. The lowest BCUT2D eigenvalue weighted by Gasteiger charge is -2.21. The summed E-state index contributed by atoms with van der Waals surface area (Å²) in [4.78, 5) is 0.141. The van der Waals surface area contributed by atoms with Crippen molar-refractivity contribution in [3.8, 4) is 0 Å². The standard InChI is InChI=1S/C11H16ClNO3S/c1-8(2)13(3)17(15,16)10-4-5-11(12)9(6-10)7-14/h4-6,8,14H,7H2,1-3H3. The molecule has 0 heterocycles. The molecule has 0 aromatic heterocycles. The predicted molar refractivity (Wildman–Crippen MR) is 67.5 cm³/mol. The van der Waals surface area contributed by atoms with Gasteiger partial charge in [-0.1, -0.05) is 11.6 Å². The van der Waals surface area contributed by atoms with Gasteiger partial charge in [0.1, 0.15) is 0 Å². The summed E-state index contributed by atoms with van der Waals surface area (Å²) in [5.41, 5.74) is 0.407. The fourth-order valence-corrected chi connectivity index (χ4v) is 2.87. The van der Waals surface area contributed by atoms with E-state index in [-0.39, 0.29) is 17.5 Å². The van der Waals surface area contributed by atoms with Crippen LogP contribution in [0.1, 0.15) is 19.4 Å². The molecule has 6 heteroatoms. The molecule has 0 aliphatic rings. The van der Waals surface area contributed by atoms with Gasteiger partial charge in [-0.3, -0.25) is 0 Å². The average Bonchev–Trinajstić information content (AvgIpc) is 2.28. The van der Waals surface area contributed by atoms with E-state index in [4.69, 9.17) is 16.7 Å². The SMILES string of the molecule is CC(C)N(C)S(=O)(=O)c1ccc(Cl)c(CO)c1. The van der Waals surface area contributed by atoms with Crippen molar-refractivity contribution in [3.63, 3.8) is 0 Å². The van der Waals surface area contributed by atoms with Crippen LogP contribution in [0.2, 0.25) is 5.02 Å². The van der Waals surface area contributed by atoms with Gasteiger partial charge in [-0.2, -0.15) is 4.31 Å². The number of aliphatic hydroxyl groups excluding tert-OH is 1. The molecule has 0 bridgehead atoms. The highest BCUT2D eigenvalue weighted by Crippen LogP contribution is 2.23. The van der Waals surface area contributed by atoms with Gasteiger partial charge in [-0.25, -0.2) is 8.42 Å². The zero-order valence-electron chi connectivity index (χ0n) is 10.0. The van der Waals surface area contributed by atoms with Gasteiger partial charge in [0.2, 0.25) is 10.0 Å². The van der Waals surface area contributed by atoms with Gasteiger partial charge >= 0.3 is 0 Å². The van der Waals surface area contributed by atoms with Gasteiger partial charge in [0.05, 0.1) is 11.5 Å². The minimum absolute atomic E-state index is 0.131. The molecule has 0 saturated carbocycles. The first-order valence-electron chi connectivity index (χ1n) is 5.18. The maximum Gasteiger partial charge on any atom is 0.243 e. The molecule has 96 valence electrons. The van der Waals surface area contributed by atoms with E-state index in [1.807, 2.05) is 0 Å². The van der Waals surface area contributed by atoms with E-state index in [2.05, 4.69) is 0 Å². The van der Waals surface area contributed by atoms with E-state index >= 15 is 0 Å². The molecular weight excluding hydrogens is 262 g/mol. The van der Waals surface area contributed by atoms with Gasteiger partial charge in [0, 0.05) is 18.1 Å². The fraction of sp³-hybridized carbons (Fsp3) is 0.455. The number of hydrogen-bond donors (Lipinski definition) is 1. The minimum Gasteiger partial charge on any atom is -0.392 e. The number of benzene rings is 1. The van der Waals surface area contributed by atoms with Crippen molar-refractivity contribution in [2.24, 2.45) is 0 Å². The molecule has 0 atom stereocenters. The first-order valence-corrected chi connectivity index (χ1v) is 6.99. The average molecular weight is 278 g/mol. The van der Waals surface area contributed by atoms with Gasteiger partial charge in [-0.15, -0.1) is 0 Å². The highest BCUT2D eigenvalue weighted by atomic mass is 35.5. The summed E-state index contributed by atoms with van der Waals surface area (Å²) >= 11 is 5.82. The molecule has 0 amide bonds. The van der Waals surface area contributed by atoms with Crippen LogP contribution in [0.4, 0.5) is 0 Å². The Kier molecular flexibility index (Phi) is 4.55. The molecule has 0 aliphatic heterocycles. The summed E-state index contributed by atoms with van der Waals surface area (Å²) in [6.45, 7) is 3.30. The lowest BCUT2D eigenvalue weighted by Crippen LogP contribution is -2.33. The van der Waals surface area contributed by atoms with Crippen molar-refractivity contribution >= 4 is 21.6 Å². The number of hydrogen-bond acceptors (Lipinski definition) is 3. The van der Waals surface area contributed by atoms with Crippen molar-refractivity contribution in [1.29, 1.82) is 0 Å². The number of sulfonamides is 1. The second kappa shape index (κ2) is 5.35. The van der Waals surface area contributed by atoms with Crippen molar-refractivity contribution in [1.82, 2.24) is 4.31 Å². The topological polar surface area (TPSA) is 57.6 Å². The normalized spacial score (nSPS) is 12.4. The van der Waals surface area contributed by atoms with E-state index < -0.39 is 10.0 Å². The van der Waals surface area contributed by atoms with Crippen LogP contribution in [-0.4, -0.2) is 30.9 Å². The van der Waals surface area contributed by atoms with Crippen molar-refractivity contribution in [3.05, 3.63) is 28.8 Å².